The topological polar surface area (TPSA) is 32.3 Å². The summed E-state index contributed by atoms with van der Waals surface area (Å²) in [4.78, 5) is 0. The van der Waals surface area contributed by atoms with Crippen LogP contribution in [0.5, 0.6) is 0 Å². The number of rotatable bonds is 6. The Labute approximate surface area is 85.2 Å². The third-order valence-electron chi connectivity index (χ3n) is 2.46. The van der Waals surface area contributed by atoms with Crippen molar-refractivity contribution in [2.45, 2.75) is 51.4 Å². The quantitative estimate of drug-likeness (QED) is 0.625. The van der Waals surface area contributed by atoms with E-state index in [1.807, 2.05) is 13.8 Å². The van der Waals surface area contributed by atoms with Crippen LogP contribution in [0.4, 0.5) is 0 Å². The summed E-state index contributed by atoms with van der Waals surface area (Å²) in [5, 5.41) is 0. The number of hydrogen-bond donors (Lipinski definition) is 0. The minimum Gasteiger partial charge on any atom is -0.616 e. The van der Waals surface area contributed by atoms with Gasteiger partial charge in [-0.25, -0.2) is 0 Å². The molecule has 0 heterocycles. The molecule has 0 spiro atoms. The molecule has 80 valence electrons. The van der Waals surface area contributed by atoms with Gasteiger partial charge in [0.15, 0.2) is 0 Å². The van der Waals surface area contributed by atoms with Crippen LogP contribution in [0, 0.1) is 0 Å². The van der Waals surface area contributed by atoms with Crippen LogP contribution >= 0.6 is 0 Å². The highest BCUT2D eigenvalue weighted by Gasteiger charge is 2.27. The fraction of sp³-hybridized carbons (Fsp3) is 1.00. The Morgan fingerprint density at radius 2 is 2.00 bits per heavy atom. The average molecular weight is 206 g/mol. The summed E-state index contributed by atoms with van der Waals surface area (Å²) < 4.78 is 16.7. The van der Waals surface area contributed by atoms with Gasteiger partial charge < -0.3 is 9.29 Å². The highest BCUT2D eigenvalue weighted by Crippen LogP contribution is 2.19. The van der Waals surface area contributed by atoms with Gasteiger partial charge in [-0.15, -0.1) is 0 Å². The van der Waals surface area contributed by atoms with Crippen molar-refractivity contribution in [2.75, 3.05) is 12.9 Å². The molecule has 0 N–H and O–H groups in total. The summed E-state index contributed by atoms with van der Waals surface area (Å²) in [6.07, 6.45) is 3.97. The van der Waals surface area contributed by atoms with Gasteiger partial charge in [-0.05, 0) is 27.2 Å². The van der Waals surface area contributed by atoms with Gasteiger partial charge in [0.1, 0.15) is 4.75 Å². The lowest BCUT2D eigenvalue weighted by Gasteiger charge is -2.26. The van der Waals surface area contributed by atoms with E-state index in [1.54, 1.807) is 6.26 Å². The molecule has 13 heavy (non-hydrogen) atoms. The van der Waals surface area contributed by atoms with Crippen LogP contribution in [0.1, 0.15) is 40.5 Å². The minimum atomic E-state index is -0.773. The zero-order chi connectivity index (χ0) is 10.5. The molecule has 0 saturated carbocycles. The second-order valence-corrected chi connectivity index (χ2v) is 6.07. The molecule has 0 saturated heterocycles. The first-order chi connectivity index (χ1) is 5.90. The molecule has 2 nitrogen and oxygen atoms in total. The summed E-state index contributed by atoms with van der Waals surface area (Å²) in [7, 11) is 0. The van der Waals surface area contributed by atoms with Gasteiger partial charge >= 0.3 is 0 Å². The van der Waals surface area contributed by atoms with Crippen molar-refractivity contribution in [3.63, 3.8) is 0 Å². The molecule has 0 aromatic carbocycles. The van der Waals surface area contributed by atoms with E-state index in [1.165, 1.54) is 0 Å². The molecule has 3 heteroatoms. The molecule has 0 amide bonds. The van der Waals surface area contributed by atoms with E-state index in [-0.39, 0.29) is 4.75 Å². The van der Waals surface area contributed by atoms with Crippen molar-refractivity contribution in [2.24, 2.45) is 0 Å². The van der Waals surface area contributed by atoms with E-state index >= 15 is 0 Å². The van der Waals surface area contributed by atoms with Crippen LogP contribution < -0.4 is 0 Å². The molecular formula is C10H22O2S. The van der Waals surface area contributed by atoms with E-state index in [0.29, 0.717) is 12.7 Å². The second-order valence-electron chi connectivity index (χ2n) is 4.05. The monoisotopic (exact) mass is 206 g/mol. The predicted molar refractivity (Wildman–Crippen MR) is 58.5 cm³/mol. The third-order valence-corrected chi connectivity index (χ3v) is 4.22. The zero-order valence-electron chi connectivity index (χ0n) is 9.42. The summed E-state index contributed by atoms with van der Waals surface area (Å²) in [5.74, 6) is 0. The van der Waals surface area contributed by atoms with Crippen molar-refractivity contribution < 1.29 is 9.29 Å². The van der Waals surface area contributed by atoms with E-state index in [4.69, 9.17) is 4.74 Å². The Balaban J connectivity index is 3.63. The van der Waals surface area contributed by atoms with Crippen molar-refractivity contribution in [1.29, 1.82) is 0 Å². The SMILES string of the molecule is CCC(C)OCCC(C)(C)[S+](C)[O-]. The molecule has 2 unspecified atom stereocenters. The van der Waals surface area contributed by atoms with E-state index in [9.17, 15) is 4.55 Å². The minimum absolute atomic E-state index is 0.118. The Hall–Kier alpha value is 0.270. The van der Waals surface area contributed by atoms with Crippen LogP contribution in [0.25, 0.3) is 0 Å². The third kappa shape index (κ3) is 5.55. The largest absolute Gasteiger partial charge is 0.616 e. The van der Waals surface area contributed by atoms with Crippen LogP contribution in [-0.2, 0) is 15.9 Å². The van der Waals surface area contributed by atoms with Crippen LogP contribution in [-0.4, -0.2) is 28.3 Å². The molecule has 0 fully saturated rings. The lowest BCUT2D eigenvalue weighted by molar-refractivity contribution is 0.0581. The molecule has 0 bridgehead atoms. The van der Waals surface area contributed by atoms with Gasteiger partial charge in [0, 0.05) is 6.42 Å². The molecule has 0 rings (SSSR count). The van der Waals surface area contributed by atoms with E-state index in [2.05, 4.69) is 13.8 Å². The van der Waals surface area contributed by atoms with Crippen molar-refractivity contribution in [3.8, 4) is 0 Å². The number of hydrogen-bond acceptors (Lipinski definition) is 2. The maximum atomic E-state index is 11.3. The highest BCUT2D eigenvalue weighted by atomic mass is 32.2. The summed E-state index contributed by atoms with van der Waals surface area (Å²) in [5.41, 5.74) is 0. The van der Waals surface area contributed by atoms with E-state index in [0.717, 1.165) is 12.8 Å². The molecule has 0 radical (unpaired) electrons. The molecule has 0 aliphatic heterocycles. The van der Waals surface area contributed by atoms with Crippen molar-refractivity contribution in [3.05, 3.63) is 0 Å². The Morgan fingerprint density at radius 1 is 1.46 bits per heavy atom. The molecule has 0 aliphatic carbocycles. The second kappa shape index (κ2) is 5.89. The average Bonchev–Trinajstić information content (AvgIpc) is 2.03. The van der Waals surface area contributed by atoms with Gasteiger partial charge in [0.25, 0.3) is 0 Å². The van der Waals surface area contributed by atoms with Gasteiger partial charge in [-0.3, -0.25) is 0 Å². The van der Waals surface area contributed by atoms with Crippen LogP contribution in [0.2, 0.25) is 0 Å². The first kappa shape index (κ1) is 13.3. The first-order valence-electron chi connectivity index (χ1n) is 4.85. The maximum absolute atomic E-state index is 11.3. The first-order valence-corrected chi connectivity index (χ1v) is 6.41. The smallest absolute Gasteiger partial charge is 0.122 e. The standard InChI is InChI=1S/C10H22O2S/c1-6-9(2)12-8-7-10(3,4)13(5)11/h9H,6-8H2,1-5H3. The van der Waals surface area contributed by atoms with Crippen LogP contribution in [0.3, 0.4) is 0 Å². The van der Waals surface area contributed by atoms with Gasteiger partial charge in [-0.1, -0.05) is 18.1 Å². The Kier molecular flexibility index (Phi) is 6.01. The summed E-state index contributed by atoms with van der Waals surface area (Å²) >= 11 is -0.773. The lowest BCUT2D eigenvalue weighted by atomic mass is 10.1. The van der Waals surface area contributed by atoms with Gasteiger partial charge in [0.05, 0.1) is 19.0 Å². The van der Waals surface area contributed by atoms with Crippen LogP contribution in [0.15, 0.2) is 0 Å². The fourth-order valence-electron chi connectivity index (χ4n) is 0.767. The maximum Gasteiger partial charge on any atom is 0.122 e. The lowest BCUT2D eigenvalue weighted by Crippen LogP contribution is -2.32. The van der Waals surface area contributed by atoms with Gasteiger partial charge in [-0.2, -0.15) is 0 Å². The number of ether oxygens (including phenoxy) is 1. The normalized spacial score (nSPS) is 17.1. The molecular weight excluding hydrogens is 184 g/mol. The molecule has 0 aromatic rings. The van der Waals surface area contributed by atoms with Crippen molar-refractivity contribution in [1.82, 2.24) is 0 Å². The zero-order valence-corrected chi connectivity index (χ0v) is 10.2. The fourth-order valence-corrected chi connectivity index (χ4v) is 1.14. The Bertz CT molecular complexity index is 135. The Morgan fingerprint density at radius 3 is 2.38 bits per heavy atom. The molecule has 0 aliphatic rings. The van der Waals surface area contributed by atoms with E-state index < -0.39 is 11.2 Å². The van der Waals surface area contributed by atoms with Gasteiger partial charge in [0.2, 0.25) is 0 Å². The highest BCUT2D eigenvalue weighted by molar-refractivity contribution is 7.92. The van der Waals surface area contributed by atoms with Crippen molar-refractivity contribution >= 4 is 11.2 Å². The predicted octanol–water partition coefficient (Wildman–Crippen LogP) is 2.35. The molecule has 2 atom stereocenters. The summed E-state index contributed by atoms with van der Waals surface area (Å²) in [6.45, 7) is 8.91. The molecule has 0 aromatic heterocycles. The summed E-state index contributed by atoms with van der Waals surface area (Å²) in [6, 6.07) is 0.